The van der Waals surface area contributed by atoms with Crippen molar-refractivity contribution in [3.05, 3.63) is 55.3 Å². The smallest absolute Gasteiger partial charge is 0.137 e. The van der Waals surface area contributed by atoms with Gasteiger partial charge in [0.2, 0.25) is 0 Å². The first-order valence-corrected chi connectivity index (χ1v) is 7.09. The van der Waals surface area contributed by atoms with E-state index in [1.807, 2.05) is 41.6 Å². The molecule has 106 valence electrons. The molecule has 0 bridgehead atoms. The second-order valence-corrected chi connectivity index (χ2v) is 5.25. The Morgan fingerprint density at radius 1 is 1.14 bits per heavy atom. The lowest BCUT2D eigenvalue weighted by Crippen LogP contribution is -2.06. The zero-order valence-corrected chi connectivity index (χ0v) is 11.6. The van der Waals surface area contributed by atoms with E-state index >= 15 is 0 Å². The summed E-state index contributed by atoms with van der Waals surface area (Å²) < 4.78 is 4.15. The lowest BCUT2D eigenvalue weighted by atomic mass is 10.3. The van der Waals surface area contributed by atoms with Gasteiger partial charge in [0, 0.05) is 24.6 Å². The summed E-state index contributed by atoms with van der Waals surface area (Å²) in [4.78, 5) is 12.7. The molecule has 3 heterocycles. The van der Waals surface area contributed by atoms with Crippen molar-refractivity contribution in [3.8, 4) is 5.82 Å². The maximum atomic E-state index is 4.43. The highest BCUT2D eigenvalue weighted by Gasteiger charge is 2.24. The molecule has 1 aliphatic carbocycles. The van der Waals surface area contributed by atoms with E-state index in [2.05, 4.69) is 24.8 Å². The van der Waals surface area contributed by atoms with E-state index < -0.39 is 0 Å². The number of pyridine rings is 1. The van der Waals surface area contributed by atoms with Gasteiger partial charge in [-0.3, -0.25) is 4.57 Å². The summed E-state index contributed by atoms with van der Waals surface area (Å²) in [6, 6.07) is 4.66. The van der Waals surface area contributed by atoms with E-state index in [1.54, 1.807) is 12.5 Å². The van der Waals surface area contributed by atoms with Gasteiger partial charge < -0.3 is 9.88 Å². The molecule has 6 heteroatoms. The molecule has 0 amide bonds. The minimum atomic E-state index is 0.658. The first kappa shape index (κ1) is 12.1. The molecule has 21 heavy (non-hydrogen) atoms. The van der Waals surface area contributed by atoms with Gasteiger partial charge in [-0.15, -0.1) is 0 Å². The number of imidazole rings is 2. The lowest BCUT2D eigenvalue weighted by molar-refractivity contribution is 0.701. The lowest BCUT2D eigenvalue weighted by Gasteiger charge is -2.09. The van der Waals surface area contributed by atoms with E-state index in [1.165, 1.54) is 18.5 Å². The van der Waals surface area contributed by atoms with Gasteiger partial charge in [-0.25, -0.2) is 15.0 Å². The fourth-order valence-electron chi connectivity index (χ4n) is 2.38. The van der Waals surface area contributed by atoms with Gasteiger partial charge in [-0.1, -0.05) is 0 Å². The SMILES string of the molecule is c1cn(-c2ccc(NCc3cncn3C3CC3)cn2)cn1. The van der Waals surface area contributed by atoms with Crippen LogP contribution in [0.5, 0.6) is 0 Å². The van der Waals surface area contributed by atoms with Crippen molar-refractivity contribution >= 4 is 5.69 Å². The normalized spacial score (nSPS) is 14.3. The fourth-order valence-corrected chi connectivity index (χ4v) is 2.38. The molecule has 0 atom stereocenters. The van der Waals surface area contributed by atoms with Crippen LogP contribution in [-0.4, -0.2) is 24.1 Å². The minimum Gasteiger partial charge on any atom is -0.378 e. The van der Waals surface area contributed by atoms with Crippen molar-refractivity contribution in [2.45, 2.75) is 25.4 Å². The van der Waals surface area contributed by atoms with Gasteiger partial charge in [0.05, 0.1) is 30.5 Å². The molecule has 0 aromatic carbocycles. The predicted octanol–water partition coefficient (Wildman–Crippen LogP) is 2.41. The third kappa shape index (κ3) is 2.52. The highest BCUT2D eigenvalue weighted by molar-refractivity contribution is 5.43. The van der Waals surface area contributed by atoms with Gasteiger partial charge in [0.15, 0.2) is 0 Å². The molecule has 0 aliphatic heterocycles. The summed E-state index contributed by atoms with van der Waals surface area (Å²) in [7, 11) is 0. The zero-order chi connectivity index (χ0) is 14.1. The Balaban J connectivity index is 1.44. The van der Waals surface area contributed by atoms with Crippen LogP contribution in [0.2, 0.25) is 0 Å². The van der Waals surface area contributed by atoms with Gasteiger partial charge in [0.1, 0.15) is 12.1 Å². The van der Waals surface area contributed by atoms with Crippen molar-refractivity contribution in [3.63, 3.8) is 0 Å². The van der Waals surface area contributed by atoms with Crippen LogP contribution in [0, 0.1) is 0 Å². The monoisotopic (exact) mass is 280 g/mol. The number of nitrogens with zero attached hydrogens (tertiary/aromatic N) is 5. The van der Waals surface area contributed by atoms with Gasteiger partial charge >= 0.3 is 0 Å². The molecule has 3 aromatic rings. The second-order valence-electron chi connectivity index (χ2n) is 5.25. The third-order valence-corrected chi connectivity index (χ3v) is 3.68. The molecule has 0 unspecified atom stereocenters. The molecule has 0 radical (unpaired) electrons. The zero-order valence-electron chi connectivity index (χ0n) is 11.6. The Kier molecular flexibility index (Phi) is 2.92. The number of anilines is 1. The summed E-state index contributed by atoms with van der Waals surface area (Å²) in [6.45, 7) is 0.766. The minimum absolute atomic E-state index is 0.658. The molecule has 3 aromatic heterocycles. The van der Waals surface area contributed by atoms with Gasteiger partial charge in [-0.05, 0) is 25.0 Å². The molecular weight excluding hydrogens is 264 g/mol. The number of nitrogens with one attached hydrogen (secondary N) is 1. The molecule has 0 spiro atoms. The summed E-state index contributed by atoms with van der Waals surface area (Å²) in [6.07, 6.45) is 13.6. The van der Waals surface area contributed by atoms with Crippen LogP contribution < -0.4 is 5.32 Å². The van der Waals surface area contributed by atoms with E-state index in [9.17, 15) is 0 Å². The third-order valence-electron chi connectivity index (χ3n) is 3.68. The van der Waals surface area contributed by atoms with Crippen LogP contribution in [-0.2, 0) is 6.54 Å². The highest BCUT2D eigenvalue weighted by atomic mass is 15.1. The molecule has 1 fully saturated rings. The Hall–Kier alpha value is -2.63. The summed E-state index contributed by atoms with van der Waals surface area (Å²) in [5, 5.41) is 3.39. The highest BCUT2D eigenvalue weighted by Crippen LogP contribution is 2.35. The van der Waals surface area contributed by atoms with E-state index in [0.717, 1.165) is 18.1 Å². The first-order chi connectivity index (χ1) is 10.4. The van der Waals surface area contributed by atoms with Crippen molar-refractivity contribution in [1.82, 2.24) is 24.1 Å². The molecule has 1 saturated carbocycles. The molecular formula is C15H16N6. The molecule has 0 saturated heterocycles. The van der Waals surface area contributed by atoms with Crippen molar-refractivity contribution in [1.29, 1.82) is 0 Å². The summed E-state index contributed by atoms with van der Waals surface area (Å²) in [5.74, 6) is 0.862. The van der Waals surface area contributed by atoms with Crippen molar-refractivity contribution < 1.29 is 0 Å². The van der Waals surface area contributed by atoms with Gasteiger partial charge in [-0.2, -0.15) is 0 Å². The average Bonchev–Trinajstić information content (AvgIpc) is 3.04. The van der Waals surface area contributed by atoms with E-state index in [0.29, 0.717) is 6.04 Å². The first-order valence-electron chi connectivity index (χ1n) is 7.09. The maximum Gasteiger partial charge on any atom is 0.137 e. The molecule has 4 rings (SSSR count). The summed E-state index contributed by atoms with van der Waals surface area (Å²) in [5.41, 5.74) is 2.22. The fraction of sp³-hybridized carbons (Fsp3) is 0.267. The van der Waals surface area contributed by atoms with Crippen LogP contribution in [0.3, 0.4) is 0 Å². The Morgan fingerprint density at radius 3 is 2.81 bits per heavy atom. The molecule has 6 nitrogen and oxygen atoms in total. The number of hydrogen-bond donors (Lipinski definition) is 1. The van der Waals surface area contributed by atoms with Crippen LogP contribution in [0.15, 0.2) is 49.6 Å². The Labute approximate surface area is 122 Å². The van der Waals surface area contributed by atoms with E-state index in [4.69, 9.17) is 0 Å². The Morgan fingerprint density at radius 2 is 2.10 bits per heavy atom. The summed E-state index contributed by atoms with van der Waals surface area (Å²) >= 11 is 0. The Bertz CT molecular complexity index is 709. The molecule has 1 aliphatic rings. The number of hydrogen-bond acceptors (Lipinski definition) is 4. The van der Waals surface area contributed by atoms with Crippen LogP contribution in [0.4, 0.5) is 5.69 Å². The van der Waals surface area contributed by atoms with Crippen LogP contribution in [0.1, 0.15) is 24.6 Å². The van der Waals surface area contributed by atoms with Crippen LogP contribution >= 0.6 is 0 Å². The standard InChI is InChI=1S/C15H16N6/c1-4-15(20-6-5-16-10-20)19-7-12(1)18-9-14-8-17-11-21(14)13-2-3-13/h1,4-8,10-11,13,18H,2-3,9H2. The van der Waals surface area contributed by atoms with Gasteiger partial charge in [0.25, 0.3) is 0 Å². The quantitative estimate of drug-likeness (QED) is 0.779. The largest absolute Gasteiger partial charge is 0.378 e. The maximum absolute atomic E-state index is 4.43. The number of rotatable bonds is 5. The number of aromatic nitrogens is 5. The van der Waals surface area contributed by atoms with E-state index in [-0.39, 0.29) is 0 Å². The van der Waals surface area contributed by atoms with Crippen LogP contribution in [0.25, 0.3) is 5.82 Å². The van der Waals surface area contributed by atoms with Crippen molar-refractivity contribution in [2.24, 2.45) is 0 Å². The second kappa shape index (κ2) is 5.05. The molecule has 1 N–H and O–H groups in total. The van der Waals surface area contributed by atoms with Crippen molar-refractivity contribution in [2.75, 3.05) is 5.32 Å². The predicted molar refractivity (Wildman–Crippen MR) is 79.2 cm³/mol. The topological polar surface area (TPSA) is 60.6 Å². The average molecular weight is 280 g/mol.